The molecule has 518 valence electrons. The minimum Gasteiger partial charge on any atom is -0.444 e. The molecule has 1 saturated carbocycles. The van der Waals surface area contributed by atoms with Crippen molar-refractivity contribution in [3.8, 4) is 0 Å². The van der Waals surface area contributed by atoms with Crippen LogP contribution in [-0.2, 0) is 57.8 Å². The lowest BCUT2D eigenvalue weighted by molar-refractivity contribution is -0.324. The molecule has 27 nitrogen and oxygen atoms in total. The molecule has 0 aromatic heterocycles. The summed E-state index contributed by atoms with van der Waals surface area (Å²) in [5.74, 6) is -1.20. The second-order valence-corrected chi connectivity index (χ2v) is 28.2. The standard InChI is InChI=1S/C66H98N6O21/c1-61(2,3)89-56(79)67-34-33-42(73)53(78)70-45-48(75)46(72-60(83)93-65(13,14)15)52(87-54-41(69-58(81)91-63(7,8)9)32-31-40(85-54)35-68-57(80)90-62(4,5)6)50(77)51(45)88-55-49(76)44(71-59(82)92-64(10,11)12)47(74)43(86-55)36-84-66(37-25-19-16-20-26-37,38-27-21-17-22-28-38)39-29-23-18-24-30-39/h16-30,40-52,54-55,73-77H,31-36H2,1-15H3,(H,67,79)(H,68,80)(H,69,81)(H,70,78)(H,71,82)(H,72,83)/t40?,41?,42-,43?,44?,45?,46-,47-,48+,49+,50?,51+,52?,54-,55-/m0/s1. The molecule has 0 spiro atoms. The maximum Gasteiger partial charge on any atom is 0.408 e. The molecular formula is C66H98N6O21. The lowest BCUT2D eigenvalue weighted by atomic mass is 9.80. The summed E-state index contributed by atoms with van der Waals surface area (Å²) in [5.41, 5.74) is -4.47. The van der Waals surface area contributed by atoms with E-state index in [9.17, 15) is 54.3 Å². The number of aliphatic hydroxyl groups is 5. The third kappa shape index (κ3) is 22.4. The van der Waals surface area contributed by atoms with Crippen molar-refractivity contribution in [3.63, 3.8) is 0 Å². The van der Waals surface area contributed by atoms with Crippen LogP contribution in [0.5, 0.6) is 0 Å². The molecule has 27 heteroatoms. The normalized spacial score (nSPS) is 26.6. The van der Waals surface area contributed by atoms with Crippen LogP contribution in [0.15, 0.2) is 91.0 Å². The largest absolute Gasteiger partial charge is 0.444 e. The Kier molecular flexibility index (Phi) is 25.5. The van der Waals surface area contributed by atoms with Gasteiger partial charge in [-0.25, -0.2) is 24.0 Å². The Morgan fingerprint density at radius 3 is 1.34 bits per heavy atom. The van der Waals surface area contributed by atoms with E-state index in [1.165, 1.54) is 0 Å². The molecule has 6 rings (SSSR count). The maximum absolute atomic E-state index is 14.4. The molecule has 2 heterocycles. The summed E-state index contributed by atoms with van der Waals surface area (Å²) in [5, 5.41) is 77.9. The molecule has 7 unspecified atom stereocenters. The number of amides is 6. The predicted molar refractivity (Wildman–Crippen MR) is 336 cm³/mol. The molecule has 2 aliphatic heterocycles. The highest BCUT2D eigenvalue weighted by Crippen LogP contribution is 2.42. The van der Waals surface area contributed by atoms with Crippen molar-refractivity contribution in [2.24, 2.45) is 0 Å². The molecular weight excluding hydrogens is 1210 g/mol. The van der Waals surface area contributed by atoms with E-state index in [1.807, 2.05) is 91.0 Å². The van der Waals surface area contributed by atoms with Gasteiger partial charge in [0.05, 0.1) is 43.0 Å². The van der Waals surface area contributed by atoms with Crippen LogP contribution in [0.25, 0.3) is 0 Å². The third-order valence-electron chi connectivity index (χ3n) is 14.5. The number of nitrogens with one attached hydrogen (secondary N) is 6. The van der Waals surface area contributed by atoms with E-state index in [4.69, 9.17) is 47.4 Å². The highest BCUT2D eigenvalue weighted by molar-refractivity contribution is 5.81. The summed E-state index contributed by atoms with van der Waals surface area (Å²) < 4.78 is 61.0. The van der Waals surface area contributed by atoms with Crippen LogP contribution in [-0.4, -0.2) is 201 Å². The number of aliphatic hydroxyl groups excluding tert-OH is 5. The van der Waals surface area contributed by atoms with E-state index in [0.717, 1.165) is 0 Å². The van der Waals surface area contributed by atoms with E-state index in [1.54, 1.807) is 104 Å². The van der Waals surface area contributed by atoms with Gasteiger partial charge in [0.25, 0.3) is 0 Å². The lowest BCUT2D eigenvalue weighted by Crippen LogP contribution is -2.75. The number of carbonyl (C=O) groups is 6. The first-order valence-corrected chi connectivity index (χ1v) is 31.3. The highest BCUT2D eigenvalue weighted by Gasteiger charge is 2.57. The first-order valence-electron chi connectivity index (χ1n) is 31.3. The second-order valence-electron chi connectivity index (χ2n) is 28.2. The fourth-order valence-corrected chi connectivity index (χ4v) is 10.7. The molecule has 6 amide bonds. The Hall–Kier alpha value is -6.92. The quantitative estimate of drug-likeness (QED) is 0.0497. The number of alkyl carbamates (subject to hydrolysis) is 5. The Morgan fingerprint density at radius 2 is 0.882 bits per heavy atom. The Balaban J connectivity index is 1.47. The lowest BCUT2D eigenvalue weighted by Gasteiger charge is -2.51. The molecule has 2 saturated heterocycles. The highest BCUT2D eigenvalue weighted by atomic mass is 16.7. The van der Waals surface area contributed by atoms with Crippen LogP contribution in [0.2, 0.25) is 0 Å². The van der Waals surface area contributed by atoms with E-state index in [0.29, 0.717) is 16.7 Å². The van der Waals surface area contributed by atoms with Crippen molar-refractivity contribution in [1.29, 1.82) is 0 Å². The number of hydrogen-bond acceptors (Lipinski definition) is 21. The van der Waals surface area contributed by atoms with Crippen molar-refractivity contribution in [3.05, 3.63) is 108 Å². The summed E-state index contributed by atoms with van der Waals surface area (Å²) in [6.45, 7) is 23.4. The van der Waals surface area contributed by atoms with Gasteiger partial charge in [0.2, 0.25) is 5.91 Å². The van der Waals surface area contributed by atoms with Crippen molar-refractivity contribution >= 4 is 36.4 Å². The zero-order valence-electron chi connectivity index (χ0n) is 55.8. The summed E-state index contributed by atoms with van der Waals surface area (Å²) >= 11 is 0. The molecule has 0 bridgehead atoms. The Labute approximate surface area is 543 Å². The summed E-state index contributed by atoms with van der Waals surface area (Å²) in [6.07, 6.45) is -25.3. The molecule has 1 aliphatic carbocycles. The van der Waals surface area contributed by atoms with Crippen LogP contribution in [0.1, 0.15) is 140 Å². The van der Waals surface area contributed by atoms with Gasteiger partial charge < -0.3 is 105 Å². The monoisotopic (exact) mass is 1310 g/mol. The van der Waals surface area contributed by atoms with Crippen LogP contribution in [0.3, 0.4) is 0 Å². The smallest absolute Gasteiger partial charge is 0.408 e. The first-order chi connectivity index (χ1) is 43.2. The van der Waals surface area contributed by atoms with Gasteiger partial charge in [-0.15, -0.1) is 0 Å². The van der Waals surface area contributed by atoms with Crippen LogP contribution in [0.4, 0.5) is 24.0 Å². The van der Waals surface area contributed by atoms with Gasteiger partial charge in [0.15, 0.2) is 12.6 Å². The van der Waals surface area contributed by atoms with Crippen LogP contribution >= 0.6 is 0 Å². The summed E-state index contributed by atoms with van der Waals surface area (Å²) in [4.78, 5) is 81.2. The molecule has 3 aromatic rings. The van der Waals surface area contributed by atoms with Crippen molar-refractivity contribution in [1.82, 2.24) is 31.9 Å². The molecule has 11 N–H and O–H groups in total. The van der Waals surface area contributed by atoms with Gasteiger partial charge in [-0.2, -0.15) is 0 Å². The molecule has 15 atom stereocenters. The zero-order valence-corrected chi connectivity index (χ0v) is 55.8. The molecule has 0 radical (unpaired) electrons. The van der Waals surface area contributed by atoms with E-state index < -0.39 is 175 Å². The third-order valence-corrected chi connectivity index (χ3v) is 14.5. The number of carbonyl (C=O) groups excluding carboxylic acids is 6. The van der Waals surface area contributed by atoms with Crippen molar-refractivity contribution in [2.45, 2.75) is 248 Å². The minimum absolute atomic E-state index is 0.0828. The topological polar surface area (TPSA) is 368 Å². The van der Waals surface area contributed by atoms with Gasteiger partial charge in [-0.3, -0.25) is 4.79 Å². The van der Waals surface area contributed by atoms with Gasteiger partial charge in [-0.1, -0.05) is 91.0 Å². The van der Waals surface area contributed by atoms with E-state index >= 15 is 0 Å². The predicted octanol–water partition coefficient (Wildman–Crippen LogP) is 5.42. The van der Waals surface area contributed by atoms with E-state index in [-0.39, 0.29) is 25.9 Å². The Morgan fingerprint density at radius 1 is 0.473 bits per heavy atom. The van der Waals surface area contributed by atoms with Gasteiger partial charge in [0, 0.05) is 13.1 Å². The van der Waals surface area contributed by atoms with Gasteiger partial charge in [-0.05, 0) is 140 Å². The molecule has 3 aliphatic rings. The number of benzene rings is 3. The first kappa shape index (κ1) is 75.1. The van der Waals surface area contributed by atoms with E-state index in [2.05, 4.69) is 31.9 Å². The van der Waals surface area contributed by atoms with Crippen LogP contribution in [0, 0.1) is 0 Å². The SMILES string of the molecule is CC(C)(C)OC(=O)NCC[C@H](O)C(=O)NC1[C@@H](O[C@@H]2OC(COC(c3ccccc3)(c3ccccc3)c3ccccc3)[C@H](O)C(NC(=O)OC(C)(C)C)[C@H]2O)C(O)C(O[C@@H]2OC(CNC(=O)OC(C)(C)C)CCC2NC(=O)OC(C)(C)C)[C@@H](NC(=O)OC(C)(C)C)[C@@H]1O. The van der Waals surface area contributed by atoms with Crippen molar-refractivity contribution < 1.29 is 102 Å². The zero-order chi connectivity index (χ0) is 69.0. The number of rotatable bonds is 20. The second kappa shape index (κ2) is 31.5. The molecule has 3 fully saturated rings. The fraction of sp³-hybridized carbons (Fsp3) is 0.636. The molecule has 93 heavy (non-hydrogen) atoms. The average Bonchev–Trinajstić information content (AvgIpc) is 0.764. The van der Waals surface area contributed by atoms with Gasteiger partial charge in [0.1, 0.15) is 76.3 Å². The van der Waals surface area contributed by atoms with Crippen molar-refractivity contribution in [2.75, 3.05) is 19.7 Å². The minimum atomic E-state index is -2.22. The van der Waals surface area contributed by atoms with Gasteiger partial charge >= 0.3 is 30.5 Å². The molecule has 3 aromatic carbocycles. The Bertz CT molecular complexity index is 2820. The van der Waals surface area contributed by atoms with Crippen LogP contribution < -0.4 is 31.9 Å². The average molecular weight is 1310 g/mol. The maximum atomic E-state index is 14.4. The summed E-state index contributed by atoms with van der Waals surface area (Å²) in [7, 11) is 0. The summed E-state index contributed by atoms with van der Waals surface area (Å²) in [6, 6.07) is 21.0. The number of ether oxygens (including phenoxy) is 10. The number of hydrogen-bond donors (Lipinski definition) is 11. The fourth-order valence-electron chi connectivity index (χ4n) is 10.7.